The Hall–Kier alpha value is -0.0800. The van der Waals surface area contributed by atoms with Gasteiger partial charge in [-0.1, -0.05) is 27.7 Å². The molecule has 1 heterocycles. The average molecular weight is 212 g/mol. The summed E-state index contributed by atoms with van der Waals surface area (Å²) in [5.41, 5.74) is 0.698. The standard InChI is InChI=1S/C13H28N2/c1-7-13(6)10-15(9-8-14-13)11(2)12(3,4)5/h11,14H,7-10H2,1-6H3. The first kappa shape index (κ1) is 13.0. The highest BCUT2D eigenvalue weighted by Gasteiger charge is 2.34. The molecule has 1 N–H and O–H groups in total. The van der Waals surface area contributed by atoms with Crippen LogP contribution in [-0.2, 0) is 0 Å². The van der Waals surface area contributed by atoms with E-state index in [1.165, 1.54) is 19.5 Å². The van der Waals surface area contributed by atoms with Crippen LogP contribution in [0.5, 0.6) is 0 Å². The van der Waals surface area contributed by atoms with E-state index in [0.29, 0.717) is 17.0 Å². The van der Waals surface area contributed by atoms with E-state index in [1.54, 1.807) is 0 Å². The Morgan fingerprint density at radius 1 is 1.40 bits per heavy atom. The second kappa shape index (κ2) is 4.42. The van der Waals surface area contributed by atoms with Crippen LogP contribution in [0, 0.1) is 5.41 Å². The van der Waals surface area contributed by atoms with Gasteiger partial charge < -0.3 is 5.32 Å². The van der Waals surface area contributed by atoms with Crippen LogP contribution < -0.4 is 5.32 Å². The molecule has 0 radical (unpaired) electrons. The fourth-order valence-corrected chi connectivity index (χ4v) is 2.20. The molecule has 0 bridgehead atoms. The second-order valence-electron chi connectivity index (χ2n) is 6.35. The monoisotopic (exact) mass is 212 g/mol. The predicted octanol–water partition coefficient (Wildman–Crippen LogP) is 2.49. The zero-order valence-electron chi connectivity index (χ0n) is 11.4. The van der Waals surface area contributed by atoms with Crippen LogP contribution in [-0.4, -0.2) is 36.1 Å². The highest BCUT2D eigenvalue weighted by molar-refractivity contribution is 4.93. The third kappa shape index (κ3) is 3.18. The summed E-state index contributed by atoms with van der Waals surface area (Å²) in [7, 11) is 0. The lowest BCUT2D eigenvalue weighted by Gasteiger charge is -2.47. The summed E-state index contributed by atoms with van der Waals surface area (Å²) in [6.07, 6.45) is 1.21. The minimum absolute atomic E-state index is 0.317. The Balaban J connectivity index is 2.64. The van der Waals surface area contributed by atoms with Crippen LogP contribution in [0.15, 0.2) is 0 Å². The van der Waals surface area contributed by atoms with Gasteiger partial charge >= 0.3 is 0 Å². The van der Waals surface area contributed by atoms with Gasteiger partial charge in [-0.05, 0) is 25.7 Å². The molecule has 2 unspecified atom stereocenters. The second-order valence-corrected chi connectivity index (χ2v) is 6.35. The molecule has 0 amide bonds. The number of piperazine rings is 1. The average Bonchev–Trinajstić information content (AvgIpc) is 2.15. The number of hydrogen-bond acceptors (Lipinski definition) is 2. The number of rotatable bonds is 2. The lowest BCUT2D eigenvalue weighted by molar-refractivity contribution is 0.0532. The Morgan fingerprint density at radius 3 is 2.47 bits per heavy atom. The van der Waals surface area contributed by atoms with Crippen molar-refractivity contribution < 1.29 is 0 Å². The van der Waals surface area contributed by atoms with Crippen LogP contribution >= 0.6 is 0 Å². The number of nitrogens with zero attached hydrogens (tertiary/aromatic N) is 1. The van der Waals surface area contributed by atoms with Crippen molar-refractivity contribution in [1.29, 1.82) is 0 Å². The van der Waals surface area contributed by atoms with E-state index >= 15 is 0 Å². The van der Waals surface area contributed by atoms with Crippen LogP contribution in [0.1, 0.15) is 48.0 Å². The first-order chi connectivity index (χ1) is 6.78. The van der Waals surface area contributed by atoms with Gasteiger partial charge in [-0.3, -0.25) is 4.90 Å². The molecule has 2 heteroatoms. The molecule has 1 rings (SSSR count). The largest absolute Gasteiger partial charge is 0.309 e. The van der Waals surface area contributed by atoms with Crippen LogP contribution in [0.4, 0.5) is 0 Å². The van der Waals surface area contributed by atoms with Gasteiger partial charge in [0, 0.05) is 31.2 Å². The maximum absolute atomic E-state index is 3.64. The van der Waals surface area contributed by atoms with E-state index in [9.17, 15) is 0 Å². The normalized spacial score (nSPS) is 31.6. The molecular formula is C13H28N2. The van der Waals surface area contributed by atoms with Crippen LogP contribution in [0.2, 0.25) is 0 Å². The summed E-state index contributed by atoms with van der Waals surface area (Å²) in [4.78, 5) is 2.64. The third-order valence-corrected chi connectivity index (χ3v) is 4.08. The lowest BCUT2D eigenvalue weighted by Crippen LogP contribution is -2.61. The summed E-state index contributed by atoms with van der Waals surface area (Å²) in [6, 6.07) is 0.658. The van der Waals surface area contributed by atoms with Crippen molar-refractivity contribution in [3.63, 3.8) is 0 Å². The molecule has 0 saturated carbocycles. The number of hydrogen-bond donors (Lipinski definition) is 1. The highest BCUT2D eigenvalue weighted by atomic mass is 15.2. The Morgan fingerprint density at radius 2 is 2.00 bits per heavy atom. The molecule has 2 nitrogen and oxygen atoms in total. The molecule has 90 valence electrons. The third-order valence-electron chi connectivity index (χ3n) is 4.08. The maximum Gasteiger partial charge on any atom is 0.0278 e. The van der Waals surface area contributed by atoms with Crippen LogP contribution in [0.25, 0.3) is 0 Å². The molecule has 1 aliphatic rings. The van der Waals surface area contributed by atoms with Gasteiger partial charge in [-0.2, -0.15) is 0 Å². The van der Waals surface area contributed by atoms with E-state index in [-0.39, 0.29) is 0 Å². The number of nitrogens with one attached hydrogen (secondary N) is 1. The SMILES string of the molecule is CCC1(C)CN(C(C)C(C)(C)C)CCN1. The molecule has 1 saturated heterocycles. The van der Waals surface area contributed by atoms with E-state index in [0.717, 1.165) is 6.54 Å². The molecule has 1 fully saturated rings. The molecule has 2 atom stereocenters. The van der Waals surface area contributed by atoms with Gasteiger partial charge in [-0.15, -0.1) is 0 Å². The Kier molecular flexibility index (Phi) is 3.83. The van der Waals surface area contributed by atoms with Crippen molar-refractivity contribution in [2.75, 3.05) is 19.6 Å². The Bertz CT molecular complexity index is 207. The summed E-state index contributed by atoms with van der Waals surface area (Å²) in [6.45, 7) is 17.5. The molecule has 0 aromatic carbocycles. The summed E-state index contributed by atoms with van der Waals surface area (Å²) < 4.78 is 0. The van der Waals surface area contributed by atoms with Crippen molar-refractivity contribution in [3.05, 3.63) is 0 Å². The van der Waals surface area contributed by atoms with Crippen molar-refractivity contribution >= 4 is 0 Å². The predicted molar refractivity (Wildman–Crippen MR) is 67.2 cm³/mol. The molecule has 0 aliphatic carbocycles. The highest BCUT2D eigenvalue weighted by Crippen LogP contribution is 2.27. The van der Waals surface area contributed by atoms with Gasteiger partial charge in [0.25, 0.3) is 0 Å². The van der Waals surface area contributed by atoms with Gasteiger partial charge in [0.15, 0.2) is 0 Å². The van der Waals surface area contributed by atoms with Crippen molar-refractivity contribution in [2.45, 2.75) is 59.5 Å². The van der Waals surface area contributed by atoms with Gasteiger partial charge in [0.1, 0.15) is 0 Å². The smallest absolute Gasteiger partial charge is 0.0278 e. The Labute approximate surface area is 95.4 Å². The van der Waals surface area contributed by atoms with Gasteiger partial charge in [-0.25, -0.2) is 0 Å². The van der Waals surface area contributed by atoms with E-state index in [2.05, 4.69) is 51.8 Å². The fraction of sp³-hybridized carbons (Fsp3) is 1.00. The molecule has 15 heavy (non-hydrogen) atoms. The van der Waals surface area contributed by atoms with E-state index in [1.807, 2.05) is 0 Å². The topological polar surface area (TPSA) is 15.3 Å². The lowest BCUT2D eigenvalue weighted by atomic mass is 9.85. The van der Waals surface area contributed by atoms with Gasteiger partial charge in [0.05, 0.1) is 0 Å². The van der Waals surface area contributed by atoms with Crippen molar-refractivity contribution in [3.8, 4) is 0 Å². The molecule has 0 aromatic heterocycles. The van der Waals surface area contributed by atoms with E-state index in [4.69, 9.17) is 0 Å². The molecule has 0 aromatic rings. The fourth-order valence-electron chi connectivity index (χ4n) is 2.20. The first-order valence-electron chi connectivity index (χ1n) is 6.27. The maximum atomic E-state index is 3.64. The van der Waals surface area contributed by atoms with Crippen molar-refractivity contribution in [1.82, 2.24) is 10.2 Å². The molecule has 1 aliphatic heterocycles. The molecule has 0 spiro atoms. The van der Waals surface area contributed by atoms with Crippen molar-refractivity contribution in [2.24, 2.45) is 5.41 Å². The minimum atomic E-state index is 0.317. The zero-order valence-corrected chi connectivity index (χ0v) is 11.4. The summed E-state index contributed by atoms with van der Waals surface area (Å²) in [5, 5.41) is 3.64. The minimum Gasteiger partial charge on any atom is -0.309 e. The zero-order chi connectivity index (χ0) is 11.7. The van der Waals surface area contributed by atoms with E-state index < -0.39 is 0 Å². The summed E-state index contributed by atoms with van der Waals surface area (Å²) >= 11 is 0. The van der Waals surface area contributed by atoms with Crippen LogP contribution in [0.3, 0.4) is 0 Å². The quantitative estimate of drug-likeness (QED) is 0.756. The first-order valence-corrected chi connectivity index (χ1v) is 6.27. The van der Waals surface area contributed by atoms with Gasteiger partial charge in [0.2, 0.25) is 0 Å². The molecular weight excluding hydrogens is 184 g/mol. The summed E-state index contributed by atoms with van der Waals surface area (Å²) in [5.74, 6) is 0.